The van der Waals surface area contributed by atoms with E-state index in [1.165, 1.54) is 0 Å². The third kappa shape index (κ3) is 5.88. The summed E-state index contributed by atoms with van der Waals surface area (Å²) < 4.78 is 79.5. The zero-order valence-electron chi connectivity index (χ0n) is 16.6. The largest absolute Gasteiger partial charge is 0.416 e. The second kappa shape index (κ2) is 7.88. The highest BCUT2D eigenvalue weighted by Crippen LogP contribution is 2.48. The van der Waals surface area contributed by atoms with Crippen molar-refractivity contribution in [2.75, 3.05) is 0 Å². The van der Waals surface area contributed by atoms with Crippen LogP contribution in [0.2, 0.25) is 0 Å². The average Bonchev–Trinajstić information content (AvgIpc) is 2.52. The van der Waals surface area contributed by atoms with Gasteiger partial charge in [-0.2, -0.15) is 26.3 Å². The Morgan fingerprint density at radius 1 is 0.857 bits per heavy atom. The lowest BCUT2D eigenvalue weighted by Gasteiger charge is -2.40. The lowest BCUT2D eigenvalue weighted by molar-refractivity contribution is -0.143. The number of rotatable bonds is 4. The molecule has 7 heteroatoms. The Labute approximate surface area is 162 Å². The third-order valence-corrected chi connectivity index (χ3v) is 6.01. The molecule has 0 saturated heterocycles. The van der Waals surface area contributed by atoms with E-state index >= 15 is 0 Å². The minimum Gasteiger partial charge on any atom is -0.390 e. The molecule has 160 valence electrons. The monoisotopic (exact) mass is 410 g/mol. The molecule has 1 aromatic rings. The first-order valence-corrected chi connectivity index (χ1v) is 9.59. The van der Waals surface area contributed by atoms with Crippen molar-refractivity contribution >= 4 is 0 Å². The van der Waals surface area contributed by atoms with E-state index in [1.807, 2.05) is 6.92 Å². The fraction of sp³-hybridized carbons (Fsp3) is 0.714. The van der Waals surface area contributed by atoms with Gasteiger partial charge in [0.2, 0.25) is 0 Å². The van der Waals surface area contributed by atoms with Crippen LogP contribution in [-0.4, -0.2) is 10.7 Å². The van der Waals surface area contributed by atoms with Gasteiger partial charge in [-0.15, -0.1) is 0 Å². The molecule has 1 saturated carbocycles. The SMILES string of the molecule is CC1CC(CCC(C)(C)O)C(c2cc(C(F)(F)F)cc(C(F)(F)F)c2)CC1C. The van der Waals surface area contributed by atoms with E-state index in [2.05, 4.69) is 6.92 Å². The van der Waals surface area contributed by atoms with Crippen LogP contribution in [-0.2, 0) is 12.4 Å². The number of alkyl halides is 6. The number of benzene rings is 1. The van der Waals surface area contributed by atoms with Gasteiger partial charge in [0.1, 0.15) is 0 Å². The van der Waals surface area contributed by atoms with Gasteiger partial charge in [0.25, 0.3) is 0 Å². The first kappa shape index (κ1) is 23.0. The number of aliphatic hydroxyl groups is 1. The van der Waals surface area contributed by atoms with Crippen molar-refractivity contribution in [3.05, 3.63) is 34.9 Å². The average molecular weight is 410 g/mol. The summed E-state index contributed by atoms with van der Waals surface area (Å²) in [5.74, 6) is 0.0716. The Hall–Kier alpha value is -1.24. The van der Waals surface area contributed by atoms with Crippen molar-refractivity contribution in [2.45, 2.75) is 77.2 Å². The molecule has 1 aromatic carbocycles. The summed E-state index contributed by atoms with van der Waals surface area (Å²) in [6.07, 6.45) is -7.42. The lowest BCUT2D eigenvalue weighted by atomic mass is 9.65. The van der Waals surface area contributed by atoms with E-state index < -0.39 is 35.0 Å². The Kier molecular flexibility index (Phi) is 6.49. The van der Waals surface area contributed by atoms with Crippen LogP contribution in [0, 0.1) is 17.8 Å². The van der Waals surface area contributed by atoms with Crippen molar-refractivity contribution in [2.24, 2.45) is 17.8 Å². The van der Waals surface area contributed by atoms with Gasteiger partial charge in [-0.3, -0.25) is 0 Å². The van der Waals surface area contributed by atoms with Gasteiger partial charge in [0.05, 0.1) is 16.7 Å². The molecule has 0 aromatic heterocycles. The fourth-order valence-corrected chi connectivity index (χ4v) is 4.16. The van der Waals surface area contributed by atoms with Gasteiger partial charge in [0, 0.05) is 0 Å². The maximum absolute atomic E-state index is 13.2. The van der Waals surface area contributed by atoms with Gasteiger partial charge >= 0.3 is 12.4 Å². The molecule has 1 aliphatic rings. The maximum atomic E-state index is 13.2. The Morgan fingerprint density at radius 2 is 1.32 bits per heavy atom. The van der Waals surface area contributed by atoms with Gasteiger partial charge in [-0.1, -0.05) is 13.8 Å². The quantitative estimate of drug-likeness (QED) is 0.528. The van der Waals surface area contributed by atoms with Crippen molar-refractivity contribution in [3.8, 4) is 0 Å². The van der Waals surface area contributed by atoms with E-state index in [0.717, 1.165) is 18.6 Å². The van der Waals surface area contributed by atoms with Gasteiger partial charge < -0.3 is 5.11 Å². The van der Waals surface area contributed by atoms with E-state index in [9.17, 15) is 31.4 Å². The van der Waals surface area contributed by atoms with Gasteiger partial charge in [0.15, 0.2) is 0 Å². The molecule has 1 nitrogen and oxygen atoms in total. The van der Waals surface area contributed by atoms with E-state index in [4.69, 9.17) is 0 Å². The summed E-state index contributed by atoms with van der Waals surface area (Å²) in [7, 11) is 0. The molecule has 1 fully saturated rings. The van der Waals surface area contributed by atoms with Crippen LogP contribution >= 0.6 is 0 Å². The van der Waals surface area contributed by atoms with Crippen LogP contribution in [0.5, 0.6) is 0 Å². The standard InChI is InChI=1S/C21H28F6O/c1-12-7-14(5-6-19(3,4)28)18(8-13(12)2)15-9-16(20(22,23)24)11-17(10-15)21(25,26)27/h9-14,18,28H,5-8H2,1-4H3. The van der Waals surface area contributed by atoms with E-state index in [1.54, 1.807) is 13.8 Å². The molecule has 4 unspecified atom stereocenters. The molecule has 28 heavy (non-hydrogen) atoms. The molecular weight excluding hydrogens is 382 g/mol. The number of halogens is 6. The summed E-state index contributed by atoms with van der Waals surface area (Å²) in [6.45, 7) is 7.36. The molecule has 0 heterocycles. The zero-order valence-corrected chi connectivity index (χ0v) is 16.6. The van der Waals surface area contributed by atoms with E-state index in [0.29, 0.717) is 25.2 Å². The Morgan fingerprint density at radius 3 is 1.75 bits per heavy atom. The molecule has 1 N–H and O–H groups in total. The molecule has 2 rings (SSSR count). The first-order valence-electron chi connectivity index (χ1n) is 9.59. The number of hydrogen-bond acceptors (Lipinski definition) is 1. The van der Waals surface area contributed by atoms with Crippen LogP contribution in [0.4, 0.5) is 26.3 Å². The molecule has 0 bridgehead atoms. The normalized spacial score (nSPS) is 27.1. The van der Waals surface area contributed by atoms with Crippen molar-refractivity contribution in [1.82, 2.24) is 0 Å². The summed E-state index contributed by atoms with van der Waals surface area (Å²) in [6, 6.07) is 1.93. The second-order valence-corrected chi connectivity index (χ2v) is 8.98. The minimum absolute atomic E-state index is 0.0674. The minimum atomic E-state index is -4.84. The molecule has 4 atom stereocenters. The molecule has 1 aliphatic carbocycles. The van der Waals surface area contributed by atoms with Crippen molar-refractivity contribution < 1.29 is 31.4 Å². The Bertz CT molecular complexity index is 639. The number of hydrogen-bond donors (Lipinski definition) is 1. The summed E-state index contributed by atoms with van der Waals surface area (Å²) >= 11 is 0. The summed E-state index contributed by atoms with van der Waals surface area (Å²) in [5.41, 5.74) is -3.35. The first-order chi connectivity index (χ1) is 12.6. The van der Waals surface area contributed by atoms with Crippen LogP contribution in [0.1, 0.15) is 76.0 Å². The highest BCUT2D eigenvalue weighted by molar-refractivity contribution is 5.36. The zero-order chi connectivity index (χ0) is 21.5. The smallest absolute Gasteiger partial charge is 0.390 e. The summed E-state index contributed by atoms with van der Waals surface area (Å²) in [5, 5.41) is 10.0. The van der Waals surface area contributed by atoms with Crippen molar-refractivity contribution in [1.29, 1.82) is 0 Å². The highest BCUT2D eigenvalue weighted by Gasteiger charge is 2.40. The molecular formula is C21H28F6O. The molecule has 0 amide bonds. The topological polar surface area (TPSA) is 20.2 Å². The van der Waals surface area contributed by atoms with Crippen LogP contribution in [0.3, 0.4) is 0 Å². The van der Waals surface area contributed by atoms with Crippen LogP contribution in [0.15, 0.2) is 18.2 Å². The maximum Gasteiger partial charge on any atom is 0.416 e. The molecule has 0 aliphatic heterocycles. The van der Waals surface area contributed by atoms with Crippen molar-refractivity contribution in [3.63, 3.8) is 0 Å². The molecule has 0 spiro atoms. The molecule has 0 radical (unpaired) electrons. The van der Waals surface area contributed by atoms with Crippen LogP contribution in [0.25, 0.3) is 0 Å². The highest BCUT2D eigenvalue weighted by atomic mass is 19.4. The lowest BCUT2D eigenvalue weighted by Crippen LogP contribution is -2.30. The summed E-state index contributed by atoms with van der Waals surface area (Å²) in [4.78, 5) is 0. The fourth-order valence-electron chi connectivity index (χ4n) is 4.16. The predicted molar refractivity (Wildman–Crippen MR) is 95.8 cm³/mol. The van der Waals surface area contributed by atoms with E-state index in [-0.39, 0.29) is 23.5 Å². The van der Waals surface area contributed by atoms with Gasteiger partial charge in [-0.05, 0) is 87.0 Å². The third-order valence-electron chi connectivity index (χ3n) is 6.01. The van der Waals surface area contributed by atoms with Gasteiger partial charge in [-0.25, -0.2) is 0 Å². The second-order valence-electron chi connectivity index (χ2n) is 8.98. The van der Waals surface area contributed by atoms with Crippen LogP contribution < -0.4 is 0 Å². The Balaban J connectivity index is 2.47. The predicted octanol–water partition coefficient (Wildman–Crippen LogP) is 7.04.